The molecular weight excluding hydrogens is 292 g/mol. The van der Waals surface area contributed by atoms with Crippen LogP contribution in [0.1, 0.15) is 5.56 Å². The van der Waals surface area contributed by atoms with E-state index in [0.717, 1.165) is 5.56 Å². The second kappa shape index (κ2) is 6.74. The first-order valence-electron chi connectivity index (χ1n) is 5.48. The Balaban J connectivity index is 2.69. The predicted octanol–water partition coefficient (Wildman–Crippen LogP) is 0.621. The average Bonchev–Trinajstić information content (AvgIpc) is 2.31. The number of sulfonamides is 1. The lowest BCUT2D eigenvalue weighted by Gasteiger charge is -2.09. The van der Waals surface area contributed by atoms with Gasteiger partial charge >= 0.3 is 5.97 Å². The molecule has 6 nitrogen and oxygen atoms in total. The molecule has 0 aliphatic carbocycles. The van der Waals surface area contributed by atoms with Gasteiger partial charge in [0.05, 0.1) is 5.75 Å². The summed E-state index contributed by atoms with van der Waals surface area (Å²) in [5.74, 6) is -1.23. The minimum absolute atomic E-state index is 0.0148. The van der Waals surface area contributed by atoms with Crippen molar-refractivity contribution >= 4 is 33.3 Å². The van der Waals surface area contributed by atoms with E-state index in [1.165, 1.54) is 0 Å². The minimum Gasteiger partial charge on any atom is -0.480 e. The summed E-state index contributed by atoms with van der Waals surface area (Å²) < 4.78 is 25.3. The molecule has 0 saturated heterocycles. The zero-order chi connectivity index (χ0) is 14.5. The molecule has 19 heavy (non-hydrogen) atoms. The van der Waals surface area contributed by atoms with Gasteiger partial charge in [-0.25, -0.2) is 8.42 Å². The molecule has 8 heteroatoms. The highest BCUT2D eigenvalue weighted by Gasteiger charge is 2.13. The molecular formula is C11H15ClN2O4S. The highest BCUT2D eigenvalue weighted by atomic mass is 35.5. The molecule has 0 saturated carbocycles. The van der Waals surface area contributed by atoms with Crippen LogP contribution in [0.3, 0.4) is 0 Å². The Morgan fingerprint density at radius 1 is 1.37 bits per heavy atom. The molecule has 1 rings (SSSR count). The van der Waals surface area contributed by atoms with Gasteiger partial charge in [0.2, 0.25) is 10.0 Å². The maximum atomic E-state index is 11.5. The number of rotatable bonds is 7. The Labute approximate surface area is 116 Å². The summed E-state index contributed by atoms with van der Waals surface area (Å²) >= 11 is 5.38. The van der Waals surface area contributed by atoms with E-state index in [4.69, 9.17) is 22.4 Å². The van der Waals surface area contributed by atoms with Gasteiger partial charge in [-0.3, -0.25) is 9.52 Å². The Hall–Kier alpha value is -1.31. The van der Waals surface area contributed by atoms with Gasteiger partial charge in [-0.2, -0.15) is 0 Å². The summed E-state index contributed by atoms with van der Waals surface area (Å²) in [4.78, 5) is 10.6. The number of nitrogens with two attached hydrogens (primary N) is 1. The fourth-order valence-corrected chi connectivity index (χ4v) is 2.79. The Bertz CT molecular complexity index is 530. The van der Waals surface area contributed by atoms with E-state index in [9.17, 15) is 13.2 Å². The maximum Gasteiger partial charge on any atom is 0.320 e. The van der Waals surface area contributed by atoms with Crippen molar-refractivity contribution in [3.05, 3.63) is 29.8 Å². The second-order valence-electron chi connectivity index (χ2n) is 3.96. The molecule has 0 amide bonds. The van der Waals surface area contributed by atoms with Gasteiger partial charge in [0.25, 0.3) is 0 Å². The van der Waals surface area contributed by atoms with Crippen molar-refractivity contribution in [3.63, 3.8) is 0 Å². The summed E-state index contributed by atoms with van der Waals surface area (Å²) in [5.41, 5.74) is 6.52. The number of halogens is 1. The van der Waals surface area contributed by atoms with Crippen LogP contribution in [-0.2, 0) is 21.2 Å². The average molecular weight is 307 g/mol. The fraction of sp³-hybridized carbons (Fsp3) is 0.364. The molecule has 1 aromatic carbocycles. The van der Waals surface area contributed by atoms with Crippen molar-refractivity contribution in [2.75, 3.05) is 16.4 Å². The van der Waals surface area contributed by atoms with Gasteiger partial charge in [-0.15, -0.1) is 11.6 Å². The SMILES string of the molecule is N[C@@H](Cc1ccc(NS(=O)(=O)CCCl)cc1)C(=O)O. The third kappa shape index (κ3) is 5.46. The highest BCUT2D eigenvalue weighted by molar-refractivity contribution is 7.92. The van der Waals surface area contributed by atoms with Crippen LogP contribution < -0.4 is 10.5 Å². The highest BCUT2D eigenvalue weighted by Crippen LogP contribution is 2.12. The molecule has 1 aromatic rings. The van der Waals surface area contributed by atoms with E-state index < -0.39 is 22.0 Å². The molecule has 0 bridgehead atoms. The number of alkyl halides is 1. The van der Waals surface area contributed by atoms with Crippen molar-refractivity contribution in [3.8, 4) is 0 Å². The standard InChI is InChI=1S/C11H15ClN2O4S/c12-5-6-19(17,18)14-9-3-1-8(2-4-9)7-10(13)11(15)16/h1-4,10,14H,5-7,13H2,(H,15,16)/t10-/m0/s1. The van der Waals surface area contributed by atoms with E-state index in [2.05, 4.69) is 4.72 Å². The molecule has 0 aliphatic heterocycles. The van der Waals surface area contributed by atoms with Gasteiger partial charge in [0.1, 0.15) is 6.04 Å². The zero-order valence-corrected chi connectivity index (χ0v) is 11.6. The Morgan fingerprint density at radius 3 is 2.42 bits per heavy atom. The zero-order valence-electron chi connectivity index (χ0n) is 10.0. The Kier molecular flexibility index (Phi) is 5.59. The summed E-state index contributed by atoms with van der Waals surface area (Å²) in [6, 6.07) is 5.38. The van der Waals surface area contributed by atoms with Gasteiger partial charge < -0.3 is 10.8 Å². The largest absolute Gasteiger partial charge is 0.480 e. The number of hydrogen-bond acceptors (Lipinski definition) is 4. The van der Waals surface area contributed by atoms with Crippen molar-refractivity contribution in [1.29, 1.82) is 0 Å². The number of benzene rings is 1. The molecule has 0 spiro atoms. The molecule has 0 fully saturated rings. The topological polar surface area (TPSA) is 109 Å². The van der Waals surface area contributed by atoms with Crippen molar-refractivity contribution in [1.82, 2.24) is 0 Å². The molecule has 0 aromatic heterocycles. The van der Waals surface area contributed by atoms with Crippen LogP contribution in [0.15, 0.2) is 24.3 Å². The van der Waals surface area contributed by atoms with Crippen LogP contribution in [0.25, 0.3) is 0 Å². The van der Waals surface area contributed by atoms with Gasteiger partial charge in [-0.1, -0.05) is 12.1 Å². The van der Waals surface area contributed by atoms with Crippen LogP contribution in [0.4, 0.5) is 5.69 Å². The summed E-state index contributed by atoms with van der Waals surface area (Å²) in [7, 11) is -3.43. The van der Waals surface area contributed by atoms with Crippen molar-refractivity contribution in [2.24, 2.45) is 5.73 Å². The molecule has 0 aliphatic rings. The van der Waals surface area contributed by atoms with E-state index in [1.54, 1.807) is 24.3 Å². The van der Waals surface area contributed by atoms with E-state index in [-0.39, 0.29) is 18.1 Å². The molecule has 0 heterocycles. The van der Waals surface area contributed by atoms with Crippen LogP contribution in [-0.4, -0.2) is 37.2 Å². The number of carbonyl (C=O) groups is 1. The third-order valence-electron chi connectivity index (χ3n) is 2.35. The summed E-state index contributed by atoms with van der Waals surface area (Å²) in [6.45, 7) is 0. The Morgan fingerprint density at radius 2 is 1.95 bits per heavy atom. The molecule has 4 N–H and O–H groups in total. The quantitative estimate of drug-likeness (QED) is 0.640. The fourth-order valence-electron chi connectivity index (χ4n) is 1.38. The van der Waals surface area contributed by atoms with E-state index in [0.29, 0.717) is 5.69 Å². The molecule has 106 valence electrons. The summed E-state index contributed by atoms with van der Waals surface area (Å²) in [5, 5.41) is 8.68. The van der Waals surface area contributed by atoms with E-state index in [1.807, 2.05) is 0 Å². The molecule has 1 atom stereocenters. The molecule has 0 unspecified atom stereocenters. The maximum absolute atomic E-state index is 11.5. The first-order chi connectivity index (χ1) is 8.84. The van der Waals surface area contributed by atoms with Gasteiger partial charge in [0.15, 0.2) is 0 Å². The van der Waals surface area contributed by atoms with Crippen LogP contribution in [0.5, 0.6) is 0 Å². The van der Waals surface area contributed by atoms with Crippen LogP contribution >= 0.6 is 11.6 Å². The van der Waals surface area contributed by atoms with E-state index >= 15 is 0 Å². The van der Waals surface area contributed by atoms with Crippen molar-refractivity contribution in [2.45, 2.75) is 12.5 Å². The lowest BCUT2D eigenvalue weighted by atomic mass is 10.1. The van der Waals surface area contributed by atoms with Crippen LogP contribution in [0, 0.1) is 0 Å². The second-order valence-corrected chi connectivity index (χ2v) is 6.18. The van der Waals surface area contributed by atoms with Crippen molar-refractivity contribution < 1.29 is 18.3 Å². The lowest BCUT2D eigenvalue weighted by molar-refractivity contribution is -0.138. The number of anilines is 1. The van der Waals surface area contributed by atoms with Crippen LogP contribution in [0.2, 0.25) is 0 Å². The number of nitrogens with one attached hydrogen (secondary N) is 1. The number of aliphatic carboxylic acids is 1. The lowest BCUT2D eigenvalue weighted by Crippen LogP contribution is -2.32. The van der Waals surface area contributed by atoms with Gasteiger partial charge in [0, 0.05) is 11.6 Å². The normalized spacial score (nSPS) is 12.9. The minimum atomic E-state index is -3.43. The summed E-state index contributed by atoms with van der Waals surface area (Å²) in [6.07, 6.45) is 0.185. The first kappa shape index (κ1) is 15.7. The monoisotopic (exact) mass is 306 g/mol. The van der Waals surface area contributed by atoms with Gasteiger partial charge in [-0.05, 0) is 24.1 Å². The smallest absolute Gasteiger partial charge is 0.320 e. The first-order valence-corrected chi connectivity index (χ1v) is 7.66. The third-order valence-corrected chi connectivity index (χ3v) is 4.05. The predicted molar refractivity (Wildman–Crippen MR) is 73.9 cm³/mol. The number of carboxylic acids is 1. The number of carboxylic acid groups (broad SMARTS) is 1. The number of hydrogen-bond donors (Lipinski definition) is 3. The molecule has 0 radical (unpaired) electrons.